The Morgan fingerprint density at radius 3 is 2.52 bits per heavy atom. The fourth-order valence-corrected chi connectivity index (χ4v) is 2.12. The van der Waals surface area contributed by atoms with Crippen LogP contribution in [0, 0.1) is 12.7 Å². The average Bonchev–Trinajstić information content (AvgIpc) is 2.51. The number of ether oxygens (including phenoxy) is 1. The predicted octanol–water partition coefficient (Wildman–Crippen LogP) is 4.24. The van der Waals surface area contributed by atoms with Gasteiger partial charge < -0.3 is 10.1 Å². The molecule has 0 atom stereocenters. The normalized spacial score (nSPS) is 10.3. The zero-order valence-corrected chi connectivity index (χ0v) is 13.5. The minimum atomic E-state index is -0.969. The monoisotopic (exact) mass is 355 g/mol. The summed E-state index contributed by atoms with van der Waals surface area (Å²) in [6, 6.07) is 8.50. The van der Waals surface area contributed by atoms with Crippen LogP contribution in [0.15, 0.2) is 36.4 Å². The third-order valence-electron chi connectivity index (χ3n) is 2.96. The average molecular weight is 356 g/mol. The fraction of sp³-hybridized carbons (Fsp3) is 0.125. The van der Waals surface area contributed by atoms with Gasteiger partial charge in [-0.25, -0.2) is 9.18 Å². The number of carbonyl (C=O) groups excluding carboxylic acids is 2. The molecule has 0 aromatic heterocycles. The van der Waals surface area contributed by atoms with Crippen molar-refractivity contribution < 1.29 is 18.7 Å². The highest BCUT2D eigenvalue weighted by atomic mass is 35.5. The van der Waals surface area contributed by atoms with E-state index in [1.54, 1.807) is 25.1 Å². The molecule has 0 saturated carbocycles. The second-order valence-corrected chi connectivity index (χ2v) is 5.58. The van der Waals surface area contributed by atoms with Crippen LogP contribution in [0.4, 0.5) is 10.1 Å². The summed E-state index contributed by atoms with van der Waals surface area (Å²) in [5.41, 5.74) is 0.978. The van der Waals surface area contributed by atoms with Crippen LogP contribution in [0.1, 0.15) is 15.9 Å². The second-order valence-electron chi connectivity index (χ2n) is 4.71. The number of halogens is 3. The van der Waals surface area contributed by atoms with Gasteiger partial charge in [0, 0.05) is 15.7 Å². The molecule has 2 rings (SSSR count). The maximum absolute atomic E-state index is 13.5. The lowest BCUT2D eigenvalue weighted by molar-refractivity contribution is -0.119. The van der Waals surface area contributed by atoms with Gasteiger partial charge in [0.25, 0.3) is 5.91 Å². The quantitative estimate of drug-likeness (QED) is 0.834. The molecule has 7 heteroatoms. The molecule has 1 N–H and O–H groups in total. The lowest BCUT2D eigenvalue weighted by Crippen LogP contribution is -2.21. The zero-order valence-electron chi connectivity index (χ0n) is 12.0. The SMILES string of the molecule is Cc1ccc(Cl)cc1NC(=O)COC(=O)c1cc(Cl)ccc1F. The van der Waals surface area contributed by atoms with Crippen LogP contribution in [-0.4, -0.2) is 18.5 Å². The van der Waals surface area contributed by atoms with Crippen LogP contribution in [-0.2, 0) is 9.53 Å². The number of nitrogens with one attached hydrogen (secondary N) is 1. The highest BCUT2D eigenvalue weighted by molar-refractivity contribution is 6.31. The largest absolute Gasteiger partial charge is 0.452 e. The first-order valence-electron chi connectivity index (χ1n) is 6.55. The van der Waals surface area contributed by atoms with E-state index < -0.39 is 24.3 Å². The number of hydrogen-bond donors (Lipinski definition) is 1. The topological polar surface area (TPSA) is 55.4 Å². The molecule has 0 saturated heterocycles. The van der Waals surface area contributed by atoms with Crippen LogP contribution < -0.4 is 5.32 Å². The van der Waals surface area contributed by atoms with Crippen molar-refractivity contribution in [2.75, 3.05) is 11.9 Å². The number of aryl methyl sites for hydroxylation is 1. The molecule has 0 unspecified atom stereocenters. The molecule has 2 aromatic rings. The molecule has 0 fully saturated rings. The van der Waals surface area contributed by atoms with Crippen molar-refractivity contribution in [3.63, 3.8) is 0 Å². The molecule has 0 aliphatic heterocycles. The smallest absolute Gasteiger partial charge is 0.341 e. The molecule has 0 spiro atoms. The number of amides is 1. The molecular formula is C16H12Cl2FNO3. The first-order chi connectivity index (χ1) is 10.9. The number of hydrogen-bond acceptors (Lipinski definition) is 3. The van der Waals surface area contributed by atoms with Gasteiger partial charge in [0.2, 0.25) is 0 Å². The summed E-state index contributed by atoms with van der Waals surface area (Å²) in [7, 11) is 0. The van der Waals surface area contributed by atoms with Gasteiger partial charge in [-0.2, -0.15) is 0 Å². The molecular weight excluding hydrogens is 344 g/mol. The van der Waals surface area contributed by atoms with E-state index in [2.05, 4.69) is 5.32 Å². The maximum atomic E-state index is 13.5. The Kier molecular flexibility index (Phi) is 5.58. The number of carbonyl (C=O) groups is 2. The van der Waals surface area contributed by atoms with Gasteiger partial charge >= 0.3 is 5.97 Å². The molecule has 0 aliphatic carbocycles. The summed E-state index contributed by atoms with van der Waals surface area (Å²) < 4.78 is 18.3. The van der Waals surface area contributed by atoms with Gasteiger partial charge in [0.15, 0.2) is 6.61 Å². The van der Waals surface area contributed by atoms with E-state index in [-0.39, 0.29) is 10.6 Å². The van der Waals surface area contributed by atoms with E-state index in [1.807, 2.05) is 0 Å². The summed E-state index contributed by atoms with van der Waals surface area (Å²) in [6.45, 7) is 1.23. The third kappa shape index (κ3) is 4.68. The van der Waals surface area contributed by atoms with E-state index in [9.17, 15) is 14.0 Å². The number of anilines is 1. The Morgan fingerprint density at radius 1 is 1.13 bits per heavy atom. The Labute approximate surface area is 142 Å². The highest BCUT2D eigenvalue weighted by Gasteiger charge is 2.15. The van der Waals surface area contributed by atoms with Crippen molar-refractivity contribution in [2.45, 2.75) is 6.92 Å². The number of esters is 1. The van der Waals surface area contributed by atoms with Gasteiger partial charge in [-0.05, 0) is 42.8 Å². The number of benzene rings is 2. The van der Waals surface area contributed by atoms with Gasteiger partial charge in [0.1, 0.15) is 5.82 Å². The van der Waals surface area contributed by atoms with Crippen molar-refractivity contribution in [1.82, 2.24) is 0 Å². The predicted molar refractivity (Wildman–Crippen MR) is 86.5 cm³/mol. The number of rotatable bonds is 4. The van der Waals surface area contributed by atoms with Gasteiger partial charge in [-0.15, -0.1) is 0 Å². The van der Waals surface area contributed by atoms with E-state index >= 15 is 0 Å². The maximum Gasteiger partial charge on any atom is 0.341 e. The summed E-state index contributed by atoms with van der Waals surface area (Å²) >= 11 is 11.5. The van der Waals surface area contributed by atoms with Crippen molar-refractivity contribution in [1.29, 1.82) is 0 Å². The highest BCUT2D eigenvalue weighted by Crippen LogP contribution is 2.20. The lowest BCUT2D eigenvalue weighted by Gasteiger charge is -2.09. The molecule has 0 heterocycles. The molecule has 0 bridgehead atoms. The standard InChI is InChI=1S/C16H12Cl2FNO3/c1-9-2-3-11(18)7-14(9)20-15(21)8-23-16(22)12-6-10(17)4-5-13(12)19/h2-7H,8H2,1H3,(H,20,21). The minimum Gasteiger partial charge on any atom is -0.452 e. The van der Waals surface area contributed by atoms with Gasteiger partial charge in [-0.1, -0.05) is 29.3 Å². The molecule has 0 radical (unpaired) electrons. The van der Waals surface area contributed by atoms with E-state index in [0.717, 1.165) is 17.7 Å². The van der Waals surface area contributed by atoms with Crippen molar-refractivity contribution in [3.8, 4) is 0 Å². The Morgan fingerprint density at radius 2 is 1.78 bits per heavy atom. The fourth-order valence-electron chi connectivity index (χ4n) is 1.78. The second kappa shape index (κ2) is 7.44. The Bertz CT molecular complexity index is 765. The molecule has 1 amide bonds. The Balaban J connectivity index is 1.97. The lowest BCUT2D eigenvalue weighted by atomic mass is 10.2. The van der Waals surface area contributed by atoms with Crippen LogP contribution in [0.25, 0.3) is 0 Å². The van der Waals surface area contributed by atoms with Crippen molar-refractivity contribution >= 4 is 40.8 Å². The van der Waals surface area contributed by atoms with Crippen LogP contribution in [0.5, 0.6) is 0 Å². The van der Waals surface area contributed by atoms with Crippen molar-refractivity contribution in [2.24, 2.45) is 0 Å². The van der Waals surface area contributed by atoms with Crippen LogP contribution in [0.3, 0.4) is 0 Å². The Hall–Kier alpha value is -2.11. The molecule has 2 aromatic carbocycles. The third-order valence-corrected chi connectivity index (χ3v) is 3.43. The first kappa shape index (κ1) is 17.2. The molecule has 0 aliphatic rings. The van der Waals surface area contributed by atoms with Crippen LogP contribution in [0.2, 0.25) is 10.0 Å². The zero-order chi connectivity index (χ0) is 17.0. The van der Waals surface area contributed by atoms with Crippen LogP contribution >= 0.6 is 23.2 Å². The summed E-state index contributed by atoms with van der Waals surface area (Å²) in [5, 5.41) is 3.22. The first-order valence-corrected chi connectivity index (χ1v) is 7.30. The van der Waals surface area contributed by atoms with E-state index in [0.29, 0.717) is 10.7 Å². The van der Waals surface area contributed by atoms with E-state index in [1.165, 1.54) is 6.07 Å². The summed E-state index contributed by atoms with van der Waals surface area (Å²) in [6.07, 6.45) is 0. The molecule has 23 heavy (non-hydrogen) atoms. The van der Waals surface area contributed by atoms with Gasteiger partial charge in [0.05, 0.1) is 5.56 Å². The summed E-state index contributed by atoms with van der Waals surface area (Å²) in [4.78, 5) is 23.6. The molecule has 4 nitrogen and oxygen atoms in total. The van der Waals surface area contributed by atoms with Gasteiger partial charge in [-0.3, -0.25) is 4.79 Å². The van der Waals surface area contributed by atoms with E-state index in [4.69, 9.17) is 27.9 Å². The summed E-state index contributed by atoms with van der Waals surface area (Å²) in [5.74, 6) is -2.31. The van der Waals surface area contributed by atoms with Crippen molar-refractivity contribution in [3.05, 3.63) is 63.4 Å². The minimum absolute atomic E-state index is 0.192. The molecule has 120 valence electrons.